The van der Waals surface area contributed by atoms with Gasteiger partial charge in [0, 0.05) is 28.0 Å². The predicted octanol–water partition coefficient (Wildman–Crippen LogP) is 3.50. The Kier molecular flexibility index (Phi) is 2.57. The van der Waals surface area contributed by atoms with Crippen LogP contribution in [0, 0.1) is 0 Å². The number of hydrogen-bond donors (Lipinski definition) is 2. The van der Waals surface area contributed by atoms with Gasteiger partial charge in [0.05, 0.1) is 5.69 Å². The lowest BCUT2D eigenvalue weighted by molar-refractivity contribution is 1.51. The second-order valence-electron chi connectivity index (χ2n) is 4.06. The minimum Gasteiger partial charge on any atom is -0.405 e. The van der Waals surface area contributed by atoms with Gasteiger partial charge in [-0.05, 0) is 30.5 Å². The van der Waals surface area contributed by atoms with Gasteiger partial charge in [0.1, 0.15) is 0 Å². The van der Waals surface area contributed by atoms with Crippen molar-refractivity contribution in [1.82, 2.24) is 4.98 Å². The number of hydrogen-bond acceptors (Lipinski definition) is 2. The average molecular weight is 235 g/mol. The maximum Gasteiger partial charge on any atom is 0.0650 e. The van der Waals surface area contributed by atoms with E-state index < -0.39 is 0 Å². The van der Waals surface area contributed by atoms with Crippen molar-refractivity contribution in [2.24, 2.45) is 10.7 Å². The van der Waals surface area contributed by atoms with Gasteiger partial charge in [-0.15, -0.1) is 0 Å². The normalized spacial score (nSPS) is 12.2. The number of aliphatic imine (C=N–C) groups is 1. The third-order valence-corrected chi connectivity index (χ3v) is 2.91. The first-order valence-electron chi connectivity index (χ1n) is 5.80. The van der Waals surface area contributed by atoms with Crippen molar-refractivity contribution in [3.8, 4) is 0 Å². The number of nitrogens with two attached hydrogens (primary N) is 1. The fourth-order valence-corrected chi connectivity index (χ4v) is 2.10. The van der Waals surface area contributed by atoms with Crippen LogP contribution in [0.3, 0.4) is 0 Å². The molecule has 3 N–H and O–H groups in total. The maximum atomic E-state index is 5.26. The fourth-order valence-electron chi connectivity index (χ4n) is 2.10. The summed E-state index contributed by atoms with van der Waals surface area (Å²) in [6, 6.07) is 14.4. The van der Waals surface area contributed by atoms with Crippen molar-refractivity contribution in [2.75, 3.05) is 0 Å². The first-order valence-corrected chi connectivity index (χ1v) is 5.80. The molecule has 2 aromatic carbocycles. The van der Waals surface area contributed by atoms with Crippen molar-refractivity contribution in [3.05, 3.63) is 54.7 Å². The molecule has 0 saturated carbocycles. The molecule has 0 radical (unpaired) electrons. The molecule has 0 aliphatic rings. The van der Waals surface area contributed by atoms with Gasteiger partial charge in [-0.3, -0.25) is 4.99 Å². The topological polar surface area (TPSA) is 54.2 Å². The smallest absolute Gasteiger partial charge is 0.0650 e. The lowest BCUT2D eigenvalue weighted by atomic mass is 10.1. The Bertz CT molecular complexity index is 751. The van der Waals surface area contributed by atoms with Crippen LogP contribution in [0.25, 0.3) is 21.8 Å². The van der Waals surface area contributed by atoms with E-state index in [2.05, 4.69) is 28.2 Å². The summed E-state index contributed by atoms with van der Waals surface area (Å²) in [5.41, 5.74) is 8.41. The summed E-state index contributed by atoms with van der Waals surface area (Å²) < 4.78 is 0. The molecule has 1 heterocycles. The van der Waals surface area contributed by atoms with Crippen molar-refractivity contribution < 1.29 is 0 Å². The Morgan fingerprint density at radius 2 is 1.83 bits per heavy atom. The van der Waals surface area contributed by atoms with E-state index >= 15 is 0 Å². The highest BCUT2D eigenvalue weighted by Crippen LogP contribution is 2.28. The summed E-state index contributed by atoms with van der Waals surface area (Å²) in [6.07, 6.45) is 4.85. The van der Waals surface area contributed by atoms with Crippen molar-refractivity contribution in [3.63, 3.8) is 0 Å². The van der Waals surface area contributed by atoms with E-state index in [9.17, 15) is 0 Å². The van der Waals surface area contributed by atoms with Gasteiger partial charge >= 0.3 is 0 Å². The molecule has 0 amide bonds. The molecule has 0 unspecified atom stereocenters. The van der Waals surface area contributed by atoms with Gasteiger partial charge in [0.15, 0.2) is 0 Å². The van der Waals surface area contributed by atoms with Gasteiger partial charge in [0.2, 0.25) is 0 Å². The molecule has 0 bridgehead atoms. The number of aromatic amines is 1. The molecular weight excluding hydrogens is 222 g/mol. The van der Waals surface area contributed by atoms with Crippen LogP contribution in [0.15, 0.2) is 59.7 Å². The zero-order chi connectivity index (χ0) is 12.4. The van der Waals surface area contributed by atoms with Crippen LogP contribution in [0.5, 0.6) is 0 Å². The molecule has 0 saturated heterocycles. The number of fused-ring (bicyclic) bond motifs is 3. The molecule has 0 atom stereocenters. The Hall–Kier alpha value is -2.55. The molecule has 3 rings (SSSR count). The van der Waals surface area contributed by atoms with Gasteiger partial charge in [-0.25, -0.2) is 0 Å². The molecule has 3 nitrogen and oxygen atoms in total. The Morgan fingerprint density at radius 1 is 1.00 bits per heavy atom. The molecular formula is C15H13N3. The molecule has 0 aliphatic carbocycles. The van der Waals surface area contributed by atoms with E-state index in [-0.39, 0.29) is 0 Å². The number of allylic oxidation sites excluding steroid dienone is 1. The fraction of sp³-hybridized carbons (Fsp3) is 0. The van der Waals surface area contributed by atoms with E-state index in [0.717, 1.165) is 16.7 Å². The van der Waals surface area contributed by atoms with E-state index in [1.165, 1.54) is 17.0 Å². The first kappa shape index (κ1) is 10.6. The number of rotatable bonds is 2. The van der Waals surface area contributed by atoms with Crippen LogP contribution in [0.4, 0.5) is 5.69 Å². The number of para-hydroxylation sites is 1. The van der Waals surface area contributed by atoms with E-state index in [1.807, 2.05) is 24.3 Å². The Labute approximate surface area is 105 Å². The first-order chi connectivity index (χ1) is 8.88. The lowest BCUT2D eigenvalue weighted by Gasteiger charge is -1.93. The number of benzene rings is 2. The summed E-state index contributed by atoms with van der Waals surface area (Å²) in [4.78, 5) is 7.70. The predicted molar refractivity (Wildman–Crippen MR) is 77.3 cm³/mol. The minimum atomic E-state index is 0.909. The van der Waals surface area contributed by atoms with Crippen LogP contribution >= 0.6 is 0 Å². The van der Waals surface area contributed by atoms with Crippen molar-refractivity contribution in [1.29, 1.82) is 0 Å². The standard InChI is InChI=1S/C15H13N3/c16-8-3-9-17-11-6-7-13-12-4-1-2-5-14(12)18-15(13)10-11/h1-10,18H,16H2. The number of nitrogens with zero attached hydrogens (tertiary/aromatic N) is 1. The van der Waals surface area contributed by atoms with Crippen molar-refractivity contribution in [2.45, 2.75) is 0 Å². The SMILES string of the molecule is NC=CC=Nc1ccc2c(c1)[nH]c1ccccc12. The van der Waals surface area contributed by atoms with Crippen LogP contribution in [0.2, 0.25) is 0 Å². The average Bonchev–Trinajstić information content (AvgIpc) is 2.76. The summed E-state index contributed by atoms with van der Waals surface area (Å²) in [6.45, 7) is 0. The quantitative estimate of drug-likeness (QED) is 0.656. The summed E-state index contributed by atoms with van der Waals surface area (Å²) in [7, 11) is 0. The Balaban J connectivity index is 2.15. The van der Waals surface area contributed by atoms with E-state index in [4.69, 9.17) is 5.73 Å². The number of aromatic nitrogens is 1. The summed E-state index contributed by atoms with van der Waals surface area (Å²) >= 11 is 0. The summed E-state index contributed by atoms with van der Waals surface area (Å²) in [5, 5.41) is 2.46. The molecule has 1 aromatic heterocycles. The second kappa shape index (κ2) is 4.37. The minimum absolute atomic E-state index is 0.909. The van der Waals surface area contributed by atoms with Gasteiger partial charge < -0.3 is 10.7 Å². The molecule has 3 heteroatoms. The number of nitrogens with one attached hydrogen (secondary N) is 1. The highest BCUT2D eigenvalue weighted by molar-refractivity contribution is 6.07. The molecule has 3 aromatic rings. The Morgan fingerprint density at radius 3 is 2.72 bits per heavy atom. The zero-order valence-electron chi connectivity index (χ0n) is 9.80. The van der Waals surface area contributed by atoms with Gasteiger partial charge in [0.25, 0.3) is 0 Å². The molecule has 88 valence electrons. The van der Waals surface area contributed by atoms with Crippen LogP contribution in [0.1, 0.15) is 0 Å². The highest BCUT2D eigenvalue weighted by Gasteiger charge is 2.03. The zero-order valence-corrected chi connectivity index (χ0v) is 9.80. The summed E-state index contributed by atoms with van der Waals surface area (Å²) in [5.74, 6) is 0. The van der Waals surface area contributed by atoms with Crippen LogP contribution in [-0.4, -0.2) is 11.2 Å². The third kappa shape index (κ3) is 1.76. The van der Waals surface area contributed by atoms with Crippen molar-refractivity contribution >= 4 is 33.7 Å². The molecule has 0 fully saturated rings. The number of H-pyrrole nitrogens is 1. The second-order valence-corrected chi connectivity index (χ2v) is 4.06. The largest absolute Gasteiger partial charge is 0.405 e. The van der Waals surface area contributed by atoms with Crippen LogP contribution in [-0.2, 0) is 0 Å². The lowest BCUT2D eigenvalue weighted by Crippen LogP contribution is -1.76. The van der Waals surface area contributed by atoms with E-state index in [1.54, 1.807) is 12.3 Å². The molecule has 0 spiro atoms. The van der Waals surface area contributed by atoms with Crippen LogP contribution < -0.4 is 5.73 Å². The molecule has 0 aliphatic heterocycles. The van der Waals surface area contributed by atoms with E-state index in [0.29, 0.717) is 0 Å². The highest BCUT2D eigenvalue weighted by atomic mass is 14.7. The van der Waals surface area contributed by atoms with Gasteiger partial charge in [-0.1, -0.05) is 24.3 Å². The third-order valence-electron chi connectivity index (χ3n) is 2.91. The maximum absolute atomic E-state index is 5.26. The molecule has 18 heavy (non-hydrogen) atoms. The monoisotopic (exact) mass is 235 g/mol. The van der Waals surface area contributed by atoms with Gasteiger partial charge in [-0.2, -0.15) is 0 Å².